The first kappa shape index (κ1) is 10.4. The van der Waals surface area contributed by atoms with Crippen molar-refractivity contribution in [2.45, 2.75) is 19.8 Å². The van der Waals surface area contributed by atoms with Gasteiger partial charge in [0.25, 0.3) is 0 Å². The Balaban J connectivity index is 0.000000810. The third-order valence-electron chi connectivity index (χ3n) is 2.45. The van der Waals surface area contributed by atoms with Crippen molar-refractivity contribution in [1.29, 1.82) is 0 Å². The lowest BCUT2D eigenvalue weighted by Crippen LogP contribution is -3.00. The number of quaternary nitrogens is 1. The fraction of sp³-hybridized carbons (Fsp3) is 1.00. The van der Waals surface area contributed by atoms with Crippen LogP contribution in [0.2, 0.25) is 0 Å². The van der Waals surface area contributed by atoms with Gasteiger partial charge < -0.3 is 21.5 Å². The van der Waals surface area contributed by atoms with Gasteiger partial charge in [-0.25, -0.2) is 0 Å². The number of hydrogen-bond acceptors (Lipinski definition) is 0. The second kappa shape index (κ2) is 3.72. The highest BCUT2D eigenvalue weighted by molar-refractivity contribution is 4.57. The van der Waals surface area contributed by atoms with E-state index >= 15 is 0 Å². The van der Waals surface area contributed by atoms with Crippen LogP contribution in [-0.2, 0) is 0 Å². The van der Waals surface area contributed by atoms with E-state index < -0.39 is 0 Å². The Morgan fingerprint density at radius 1 is 1.10 bits per heavy atom. The van der Waals surface area contributed by atoms with Gasteiger partial charge in [0.2, 0.25) is 0 Å². The SMILES string of the molecule is CC1CC[N+](C)(C)CC1.[Br-]. The van der Waals surface area contributed by atoms with E-state index in [1.807, 2.05) is 0 Å². The second-order valence-electron chi connectivity index (χ2n) is 4.07. The summed E-state index contributed by atoms with van der Waals surface area (Å²) in [6.07, 6.45) is 2.85. The highest BCUT2D eigenvalue weighted by atomic mass is 79.9. The van der Waals surface area contributed by atoms with Crippen LogP contribution in [0, 0.1) is 5.92 Å². The molecule has 10 heavy (non-hydrogen) atoms. The molecule has 0 amide bonds. The molecule has 1 rings (SSSR count). The highest BCUT2D eigenvalue weighted by Crippen LogP contribution is 2.18. The molecule has 0 aromatic heterocycles. The Labute approximate surface area is 74.8 Å². The Hall–Kier alpha value is 0.440. The molecule has 0 unspecified atom stereocenters. The summed E-state index contributed by atoms with van der Waals surface area (Å²) in [7, 11) is 4.65. The minimum absolute atomic E-state index is 0. The fourth-order valence-corrected chi connectivity index (χ4v) is 1.40. The van der Waals surface area contributed by atoms with E-state index in [1.54, 1.807) is 0 Å². The van der Waals surface area contributed by atoms with Crippen molar-refractivity contribution in [3.05, 3.63) is 0 Å². The first-order chi connectivity index (χ1) is 4.10. The van der Waals surface area contributed by atoms with Crippen molar-refractivity contribution in [2.75, 3.05) is 27.2 Å². The molecular formula is C8H18BrN. The first-order valence-electron chi connectivity index (χ1n) is 3.92. The van der Waals surface area contributed by atoms with Gasteiger partial charge in [0, 0.05) is 0 Å². The summed E-state index contributed by atoms with van der Waals surface area (Å²) in [5.41, 5.74) is 0. The molecule has 0 atom stereocenters. The van der Waals surface area contributed by atoms with Crippen molar-refractivity contribution in [1.82, 2.24) is 0 Å². The van der Waals surface area contributed by atoms with Crippen molar-refractivity contribution in [3.63, 3.8) is 0 Å². The zero-order valence-corrected chi connectivity index (χ0v) is 8.82. The van der Waals surface area contributed by atoms with Crippen LogP contribution in [-0.4, -0.2) is 31.7 Å². The van der Waals surface area contributed by atoms with E-state index in [1.165, 1.54) is 30.4 Å². The van der Waals surface area contributed by atoms with Crippen LogP contribution < -0.4 is 17.0 Å². The van der Waals surface area contributed by atoms with Crippen molar-refractivity contribution in [3.8, 4) is 0 Å². The Morgan fingerprint density at radius 3 is 1.80 bits per heavy atom. The molecule has 0 radical (unpaired) electrons. The van der Waals surface area contributed by atoms with Crippen LogP contribution in [0.1, 0.15) is 19.8 Å². The van der Waals surface area contributed by atoms with E-state index in [-0.39, 0.29) is 17.0 Å². The summed E-state index contributed by atoms with van der Waals surface area (Å²) in [5.74, 6) is 0.983. The summed E-state index contributed by atoms with van der Waals surface area (Å²) in [6.45, 7) is 5.11. The van der Waals surface area contributed by atoms with Crippen molar-refractivity contribution < 1.29 is 21.5 Å². The maximum Gasteiger partial charge on any atom is 0.0785 e. The molecule has 1 heterocycles. The third kappa shape index (κ3) is 3.02. The van der Waals surface area contributed by atoms with Crippen molar-refractivity contribution >= 4 is 0 Å². The maximum absolute atomic E-state index is 2.36. The number of likely N-dealkylation sites (tertiary alicyclic amines) is 1. The molecule has 0 N–H and O–H groups in total. The lowest BCUT2D eigenvalue weighted by atomic mass is 9.98. The van der Waals surface area contributed by atoms with Crippen LogP contribution in [0.5, 0.6) is 0 Å². The molecule has 0 spiro atoms. The number of halogens is 1. The zero-order chi connectivity index (χ0) is 6.91. The molecule has 62 valence electrons. The summed E-state index contributed by atoms with van der Waals surface area (Å²) in [4.78, 5) is 0. The standard InChI is InChI=1S/C8H18N.BrH/c1-8-4-6-9(2,3)7-5-8;/h8H,4-7H2,1-3H3;1H/q+1;/p-1. The van der Waals surface area contributed by atoms with Gasteiger partial charge in [-0.2, -0.15) is 0 Å². The molecule has 1 saturated heterocycles. The molecule has 1 nitrogen and oxygen atoms in total. The average molecular weight is 208 g/mol. The van der Waals surface area contributed by atoms with E-state index in [9.17, 15) is 0 Å². The summed E-state index contributed by atoms with van der Waals surface area (Å²) < 4.78 is 1.24. The second-order valence-corrected chi connectivity index (χ2v) is 4.07. The van der Waals surface area contributed by atoms with E-state index in [0.717, 1.165) is 5.92 Å². The van der Waals surface area contributed by atoms with Crippen LogP contribution in [0.3, 0.4) is 0 Å². The molecule has 0 saturated carbocycles. The summed E-state index contributed by atoms with van der Waals surface area (Å²) >= 11 is 0. The smallest absolute Gasteiger partial charge is 0.0785 e. The van der Waals surface area contributed by atoms with Gasteiger partial charge in [-0.1, -0.05) is 6.92 Å². The fourth-order valence-electron chi connectivity index (χ4n) is 1.40. The molecule has 2 heteroatoms. The minimum atomic E-state index is 0. The van der Waals surface area contributed by atoms with Gasteiger partial charge in [0.05, 0.1) is 27.2 Å². The maximum atomic E-state index is 2.36. The van der Waals surface area contributed by atoms with Gasteiger partial charge in [-0.05, 0) is 18.8 Å². The lowest BCUT2D eigenvalue weighted by molar-refractivity contribution is -0.896. The zero-order valence-electron chi connectivity index (χ0n) is 7.23. The lowest BCUT2D eigenvalue weighted by Gasteiger charge is -2.35. The average Bonchev–Trinajstić information content (AvgIpc) is 1.78. The topological polar surface area (TPSA) is 0 Å². The number of rotatable bonds is 0. The predicted octanol–water partition coefficient (Wildman–Crippen LogP) is -1.50. The van der Waals surface area contributed by atoms with Gasteiger partial charge in [0.15, 0.2) is 0 Å². The molecular weight excluding hydrogens is 190 g/mol. The summed E-state index contributed by atoms with van der Waals surface area (Å²) in [6, 6.07) is 0. The Morgan fingerprint density at radius 2 is 1.50 bits per heavy atom. The normalized spacial score (nSPS) is 25.5. The molecule has 0 aromatic carbocycles. The van der Waals surface area contributed by atoms with Crippen molar-refractivity contribution in [2.24, 2.45) is 5.92 Å². The number of piperidine rings is 1. The van der Waals surface area contributed by atoms with Crippen LogP contribution in [0.25, 0.3) is 0 Å². The molecule has 0 aromatic rings. The third-order valence-corrected chi connectivity index (χ3v) is 2.45. The predicted molar refractivity (Wildman–Crippen MR) is 40.2 cm³/mol. The molecule has 1 aliphatic heterocycles. The van der Waals surface area contributed by atoms with Crippen LogP contribution in [0.15, 0.2) is 0 Å². The Bertz CT molecular complexity index is 91.4. The Kier molecular flexibility index (Phi) is 3.89. The molecule has 0 bridgehead atoms. The quantitative estimate of drug-likeness (QED) is 0.425. The van der Waals surface area contributed by atoms with E-state index in [4.69, 9.17) is 0 Å². The van der Waals surface area contributed by atoms with Gasteiger partial charge in [-0.3, -0.25) is 0 Å². The first-order valence-corrected chi connectivity index (χ1v) is 3.92. The minimum Gasteiger partial charge on any atom is -1.00 e. The van der Waals surface area contributed by atoms with E-state index in [0.29, 0.717) is 0 Å². The molecule has 0 aliphatic carbocycles. The van der Waals surface area contributed by atoms with Gasteiger partial charge in [-0.15, -0.1) is 0 Å². The van der Waals surface area contributed by atoms with Gasteiger partial charge in [0.1, 0.15) is 0 Å². The van der Waals surface area contributed by atoms with E-state index in [2.05, 4.69) is 21.0 Å². The number of nitrogens with zero attached hydrogens (tertiary/aromatic N) is 1. The van der Waals surface area contributed by atoms with Gasteiger partial charge >= 0.3 is 0 Å². The molecule has 1 aliphatic rings. The number of hydrogen-bond donors (Lipinski definition) is 0. The van der Waals surface area contributed by atoms with Crippen LogP contribution >= 0.6 is 0 Å². The summed E-state index contributed by atoms with van der Waals surface area (Å²) in [5, 5.41) is 0. The van der Waals surface area contributed by atoms with Crippen LogP contribution in [0.4, 0.5) is 0 Å². The molecule has 1 fully saturated rings. The monoisotopic (exact) mass is 207 g/mol. The largest absolute Gasteiger partial charge is 1.00 e. The highest BCUT2D eigenvalue weighted by Gasteiger charge is 2.22.